The van der Waals surface area contributed by atoms with E-state index in [4.69, 9.17) is 18.9 Å². The van der Waals surface area contributed by atoms with E-state index in [2.05, 4.69) is 0 Å². The van der Waals surface area contributed by atoms with Crippen LogP contribution in [-0.4, -0.2) is 46.8 Å². The minimum atomic E-state index is -0.353. The summed E-state index contributed by atoms with van der Waals surface area (Å²) in [4.78, 5) is 0. The Morgan fingerprint density at radius 2 is 1.58 bits per heavy atom. The Balaban J connectivity index is 2.03. The van der Waals surface area contributed by atoms with Gasteiger partial charge in [0.05, 0.1) is 33.0 Å². The molecule has 5 heteroatoms. The first-order valence-corrected chi connectivity index (χ1v) is 6.27. The molecule has 0 unspecified atom stereocenters. The molecule has 1 rings (SSSR count). The molecule has 0 radical (unpaired) electrons. The van der Waals surface area contributed by atoms with Crippen LogP contribution in [0, 0.1) is 12.7 Å². The molecule has 0 spiro atoms. The van der Waals surface area contributed by atoms with Gasteiger partial charge in [0.25, 0.3) is 0 Å². The molecule has 0 saturated carbocycles. The molecule has 4 nitrogen and oxygen atoms in total. The number of ether oxygens (including phenoxy) is 4. The van der Waals surface area contributed by atoms with E-state index in [0.29, 0.717) is 39.6 Å². The number of rotatable bonds is 10. The van der Waals surface area contributed by atoms with Crippen LogP contribution in [0.15, 0.2) is 18.2 Å². The molecule has 0 aromatic heterocycles. The van der Waals surface area contributed by atoms with E-state index in [1.165, 1.54) is 6.07 Å². The third-order valence-corrected chi connectivity index (χ3v) is 2.38. The summed E-state index contributed by atoms with van der Waals surface area (Å²) in [6, 6.07) is 4.77. The van der Waals surface area contributed by atoms with Gasteiger partial charge in [-0.3, -0.25) is 0 Å². The third-order valence-electron chi connectivity index (χ3n) is 2.38. The first-order chi connectivity index (χ1) is 9.24. The second-order valence-corrected chi connectivity index (χ2v) is 4.00. The predicted molar refractivity (Wildman–Crippen MR) is 70.1 cm³/mol. The fourth-order valence-electron chi connectivity index (χ4n) is 1.40. The second-order valence-electron chi connectivity index (χ2n) is 4.00. The molecule has 0 amide bonds. The average molecular weight is 272 g/mol. The number of aryl methyl sites for hydroxylation is 1. The van der Waals surface area contributed by atoms with E-state index in [9.17, 15) is 4.39 Å². The van der Waals surface area contributed by atoms with E-state index in [-0.39, 0.29) is 11.6 Å². The Morgan fingerprint density at radius 3 is 2.26 bits per heavy atom. The Bertz CT molecular complexity index is 357. The van der Waals surface area contributed by atoms with Crippen LogP contribution in [0.4, 0.5) is 4.39 Å². The monoisotopic (exact) mass is 272 g/mol. The van der Waals surface area contributed by atoms with Crippen LogP contribution >= 0.6 is 0 Å². The summed E-state index contributed by atoms with van der Waals surface area (Å²) in [6.07, 6.45) is 0. The van der Waals surface area contributed by atoms with Gasteiger partial charge >= 0.3 is 0 Å². The SMILES string of the molecule is COCCOCCOCCOc1cc(C)ccc1F. The molecule has 1 aromatic rings. The average Bonchev–Trinajstić information content (AvgIpc) is 2.40. The van der Waals surface area contributed by atoms with Crippen LogP contribution in [0.3, 0.4) is 0 Å². The topological polar surface area (TPSA) is 36.9 Å². The largest absolute Gasteiger partial charge is 0.488 e. The van der Waals surface area contributed by atoms with Gasteiger partial charge in [-0.2, -0.15) is 0 Å². The number of methoxy groups -OCH3 is 1. The maximum Gasteiger partial charge on any atom is 0.165 e. The van der Waals surface area contributed by atoms with Crippen LogP contribution in [0.25, 0.3) is 0 Å². The highest BCUT2D eigenvalue weighted by Gasteiger charge is 2.02. The molecule has 0 bridgehead atoms. The van der Waals surface area contributed by atoms with Gasteiger partial charge in [-0.15, -0.1) is 0 Å². The fraction of sp³-hybridized carbons (Fsp3) is 0.571. The van der Waals surface area contributed by atoms with E-state index < -0.39 is 0 Å². The highest BCUT2D eigenvalue weighted by molar-refractivity contribution is 5.29. The number of hydrogen-bond donors (Lipinski definition) is 0. The van der Waals surface area contributed by atoms with Gasteiger partial charge in [0.1, 0.15) is 6.61 Å². The summed E-state index contributed by atoms with van der Waals surface area (Å²) in [7, 11) is 1.63. The van der Waals surface area contributed by atoms with Crippen LogP contribution in [0.5, 0.6) is 5.75 Å². The van der Waals surface area contributed by atoms with Crippen molar-refractivity contribution in [2.45, 2.75) is 6.92 Å². The van der Waals surface area contributed by atoms with Crippen LogP contribution in [0.1, 0.15) is 5.56 Å². The van der Waals surface area contributed by atoms with E-state index >= 15 is 0 Å². The Kier molecular flexibility index (Phi) is 8.13. The first-order valence-electron chi connectivity index (χ1n) is 6.27. The van der Waals surface area contributed by atoms with Gasteiger partial charge in [0, 0.05) is 7.11 Å². The van der Waals surface area contributed by atoms with Gasteiger partial charge in [-0.25, -0.2) is 4.39 Å². The molecule has 0 aliphatic rings. The summed E-state index contributed by atoms with van der Waals surface area (Å²) < 4.78 is 34.0. The molecule has 108 valence electrons. The van der Waals surface area contributed by atoms with Gasteiger partial charge in [-0.1, -0.05) is 6.07 Å². The van der Waals surface area contributed by atoms with Gasteiger partial charge in [0.15, 0.2) is 11.6 Å². The molecular formula is C14H21FO4. The zero-order valence-electron chi connectivity index (χ0n) is 11.5. The van der Waals surface area contributed by atoms with Crippen molar-refractivity contribution in [3.8, 4) is 5.75 Å². The highest BCUT2D eigenvalue weighted by Crippen LogP contribution is 2.17. The molecule has 0 N–H and O–H groups in total. The lowest BCUT2D eigenvalue weighted by Crippen LogP contribution is -2.12. The predicted octanol–water partition coefficient (Wildman–Crippen LogP) is 2.19. The van der Waals surface area contributed by atoms with Crippen molar-refractivity contribution in [2.75, 3.05) is 46.8 Å². The van der Waals surface area contributed by atoms with Crippen molar-refractivity contribution in [3.63, 3.8) is 0 Å². The van der Waals surface area contributed by atoms with Crippen molar-refractivity contribution in [2.24, 2.45) is 0 Å². The molecule has 0 atom stereocenters. The Hall–Kier alpha value is -1.17. The number of hydrogen-bond acceptors (Lipinski definition) is 4. The van der Waals surface area contributed by atoms with Crippen molar-refractivity contribution < 1.29 is 23.3 Å². The molecule has 0 aliphatic carbocycles. The Morgan fingerprint density at radius 1 is 0.947 bits per heavy atom. The zero-order chi connectivity index (χ0) is 13.9. The van der Waals surface area contributed by atoms with Crippen molar-refractivity contribution >= 4 is 0 Å². The molecule has 0 heterocycles. The minimum Gasteiger partial charge on any atom is -0.488 e. The van der Waals surface area contributed by atoms with Gasteiger partial charge in [0.2, 0.25) is 0 Å². The second kappa shape index (κ2) is 9.72. The fourth-order valence-corrected chi connectivity index (χ4v) is 1.40. The smallest absolute Gasteiger partial charge is 0.165 e. The highest BCUT2D eigenvalue weighted by atomic mass is 19.1. The van der Waals surface area contributed by atoms with E-state index in [1.807, 2.05) is 6.92 Å². The third kappa shape index (κ3) is 7.10. The van der Waals surface area contributed by atoms with Crippen LogP contribution in [0.2, 0.25) is 0 Å². The van der Waals surface area contributed by atoms with Crippen molar-refractivity contribution in [3.05, 3.63) is 29.6 Å². The van der Waals surface area contributed by atoms with Gasteiger partial charge < -0.3 is 18.9 Å². The first kappa shape index (κ1) is 15.9. The molecule has 0 fully saturated rings. The van der Waals surface area contributed by atoms with E-state index in [0.717, 1.165) is 5.56 Å². The number of halogens is 1. The number of benzene rings is 1. The van der Waals surface area contributed by atoms with Crippen LogP contribution in [-0.2, 0) is 14.2 Å². The lowest BCUT2D eigenvalue weighted by Gasteiger charge is -2.09. The summed E-state index contributed by atoms with van der Waals surface area (Å²) in [5.74, 6) is -0.0894. The molecule has 19 heavy (non-hydrogen) atoms. The van der Waals surface area contributed by atoms with Crippen molar-refractivity contribution in [1.29, 1.82) is 0 Å². The summed E-state index contributed by atoms with van der Waals surface area (Å²) in [5, 5.41) is 0. The zero-order valence-corrected chi connectivity index (χ0v) is 11.5. The lowest BCUT2D eigenvalue weighted by atomic mass is 10.2. The quantitative estimate of drug-likeness (QED) is 0.612. The Labute approximate surface area is 113 Å². The standard InChI is InChI=1S/C14H21FO4/c1-12-3-4-13(15)14(11-12)19-10-9-18-8-7-17-6-5-16-2/h3-4,11H,5-10H2,1-2H3. The summed E-state index contributed by atoms with van der Waals surface area (Å²) in [5.41, 5.74) is 0.962. The molecule has 1 aromatic carbocycles. The summed E-state index contributed by atoms with van der Waals surface area (Å²) in [6.45, 7) is 4.76. The van der Waals surface area contributed by atoms with Gasteiger partial charge in [-0.05, 0) is 24.6 Å². The molecule has 0 aliphatic heterocycles. The maximum atomic E-state index is 13.3. The van der Waals surface area contributed by atoms with Crippen LogP contribution < -0.4 is 4.74 Å². The van der Waals surface area contributed by atoms with Crippen molar-refractivity contribution in [1.82, 2.24) is 0 Å². The normalized spacial score (nSPS) is 10.7. The maximum absolute atomic E-state index is 13.3. The lowest BCUT2D eigenvalue weighted by molar-refractivity contribution is 0.0177. The summed E-state index contributed by atoms with van der Waals surface area (Å²) >= 11 is 0. The van der Waals surface area contributed by atoms with E-state index in [1.54, 1.807) is 19.2 Å². The molecular weight excluding hydrogens is 251 g/mol. The minimum absolute atomic E-state index is 0.264. The molecule has 0 saturated heterocycles.